The maximum absolute atomic E-state index is 8.84. The van der Waals surface area contributed by atoms with Crippen molar-refractivity contribution in [3.8, 4) is 12.1 Å². The van der Waals surface area contributed by atoms with Crippen molar-refractivity contribution in [2.24, 2.45) is 7.05 Å². The highest BCUT2D eigenvalue weighted by atomic mass is 15.0. The fourth-order valence-electron chi connectivity index (χ4n) is 1.41. The van der Waals surface area contributed by atoms with Gasteiger partial charge in [0, 0.05) is 24.8 Å². The molecule has 0 saturated heterocycles. The van der Waals surface area contributed by atoms with Gasteiger partial charge in [-0.2, -0.15) is 10.5 Å². The Labute approximate surface area is 80.6 Å². The van der Waals surface area contributed by atoms with E-state index >= 15 is 0 Å². The normalized spacial score (nSPS) is 9.64. The first kappa shape index (κ1) is 8.28. The van der Waals surface area contributed by atoms with Gasteiger partial charge in [-0.1, -0.05) is 0 Å². The number of aryl methyl sites for hydroxylation is 1. The molecule has 0 saturated carbocycles. The van der Waals surface area contributed by atoms with E-state index in [1.54, 1.807) is 16.8 Å². The van der Waals surface area contributed by atoms with Gasteiger partial charge in [-0.15, -0.1) is 0 Å². The van der Waals surface area contributed by atoms with Crippen LogP contribution in [0.4, 0.5) is 0 Å². The van der Waals surface area contributed by atoms with Crippen LogP contribution in [0.15, 0.2) is 18.5 Å². The van der Waals surface area contributed by atoms with Gasteiger partial charge in [0.05, 0.1) is 11.1 Å². The number of aromatic nitrogens is 2. The van der Waals surface area contributed by atoms with Gasteiger partial charge >= 0.3 is 0 Å². The van der Waals surface area contributed by atoms with Gasteiger partial charge in [0.2, 0.25) is 0 Å². The van der Waals surface area contributed by atoms with E-state index in [4.69, 9.17) is 10.5 Å². The van der Waals surface area contributed by atoms with E-state index in [9.17, 15) is 0 Å². The number of rotatable bonds is 0. The SMILES string of the molecule is Cn1cc(C#N)c2cc(C#N)cnc21. The van der Waals surface area contributed by atoms with Crippen LogP contribution in [0.5, 0.6) is 0 Å². The first-order valence-electron chi connectivity index (χ1n) is 4.01. The topological polar surface area (TPSA) is 65.4 Å². The van der Waals surface area contributed by atoms with Crippen LogP contribution < -0.4 is 0 Å². The molecule has 0 aliphatic heterocycles. The molecule has 0 atom stereocenters. The van der Waals surface area contributed by atoms with Gasteiger partial charge in [0.25, 0.3) is 0 Å². The maximum Gasteiger partial charge on any atom is 0.141 e. The second-order valence-electron chi connectivity index (χ2n) is 2.97. The summed E-state index contributed by atoms with van der Waals surface area (Å²) in [5.74, 6) is 0. The summed E-state index contributed by atoms with van der Waals surface area (Å²) in [7, 11) is 1.82. The van der Waals surface area contributed by atoms with Crippen molar-refractivity contribution in [2.45, 2.75) is 0 Å². The smallest absolute Gasteiger partial charge is 0.141 e. The molecule has 2 rings (SSSR count). The number of fused-ring (bicyclic) bond motifs is 1. The van der Waals surface area contributed by atoms with Crippen molar-refractivity contribution in [3.05, 3.63) is 29.6 Å². The monoisotopic (exact) mass is 182 g/mol. The molecule has 0 N–H and O–H groups in total. The van der Waals surface area contributed by atoms with Crippen molar-refractivity contribution in [1.29, 1.82) is 10.5 Å². The van der Waals surface area contributed by atoms with Gasteiger partial charge in [0.15, 0.2) is 0 Å². The average molecular weight is 182 g/mol. The third kappa shape index (κ3) is 1.02. The molecule has 2 heterocycles. The fourth-order valence-corrected chi connectivity index (χ4v) is 1.41. The number of nitriles is 2. The Kier molecular flexibility index (Phi) is 1.69. The molecule has 2 aromatic rings. The van der Waals surface area contributed by atoms with E-state index in [0.717, 1.165) is 11.0 Å². The van der Waals surface area contributed by atoms with E-state index in [1.165, 1.54) is 6.20 Å². The third-order valence-corrected chi connectivity index (χ3v) is 2.06. The largest absolute Gasteiger partial charge is 0.334 e. The molecule has 0 unspecified atom stereocenters. The van der Waals surface area contributed by atoms with Gasteiger partial charge in [-0.3, -0.25) is 0 Å². The average Bonchev–Trinajstić information content (AvgIpc) is 2.55. The van der Waals surface area contributed by atoms with Crippen LogP contribution in [-0.4, -0.2) is 9.55 Å². The van der Waals surface area contributed by atoms with E-state index < -0.39 is 0 Å². The molecule has 2 aromatic heterocycles. The summed E-state index contributed by atoms with van der Waals surface area (Å²) in [5, 5.41) is 18.3. The van der Waals surface area contributed by atoms with Gasteiger partial charge in [0.1, 0.15) is 17.8 Å². The fraction of sp³-hybridized carbons (Fsp3) is 0.100. The summed E-state index contributed by atoms with van der Waals surface area (Å²) in [5.41, 5.74) is 1.74. The van der Waals surface area contributed by atoms with E-state index in [2.05, 4.69) is 11.1 Å². The summed E-state index contributed by atoms with van der Waals surface area (Å²) in [6.07, 6.45) is 3.21. The Hall–Kier alpha value is -2.33. The first-order valence-corrected chi connectivity index (χ1v) is 4.01. The quantitative estimate of drug-likeness (QED) is 0.617. The summed E-state index contributed by atoms with van der Waals surface area (Å²) >= 11 is 0. The minimum absolute atomic E-state index is 0.472. The third-order valence-electron chi connectivity index (χ3n) is 2.06. The Morgan fingerprint density at radius 1 is 1.36 bits per heavy atom. The number of pyridine rings is 1. The lowest BCUT2D eigenvalue weighted by Crippen LogP contribution is -1.87. The molecule has 0 aliphatic carbocycles. The van der Waals surface area contributed by atoms with Crippen LogP contribution in [0.1, 0.15) is 11.1 Å². The molecule has 0 aliphatic rings. The minimum Gasteiger partial charge on any atom is -0.334 e. The van der Waals surface area contributed by atoms with Crippen LogP contribution in [0.2, 0.25) is 0 Å². The molecule has 4 nitrogen and oxygen atoms in total. The molecule has 0 amide bonds. The predicted molar refractivity (Wildman–Crippen MR) is 50.1 cm³/mol. The van der Waals surface area contributed by atoms with E-state index in [1.807, 2.05) is 13.1 Å². The van der Waals surface area contributed by atoms with Crippen LogP contribution >= 0.6 is 0 Å². The zero-order chi connectivity index (χ0) is 10.1. The van der Waals surface area contributed by atoms with Crippen LogP contribution in [0.3, 0.4) is 0 Å². The lowest BCUT2D eigenvalue weighted by Gasteiger charge is -1.93. The van der Waals surface area contributed by atoms with Crippen molar-refractivity contribution < 1.29 is 0 Å². The number of hydrogen-bond donors (Lipinski definition) is 0. The molecule has 4 heteroatoms. The van der Waals surface area contributed by atoms with Crippen molar-refractivity contribution in [2.75, 3.05) is 0 Å². The first-order chi connectivity index (χ1) is 6.76. The van der Waals surface area contributed by atoms with Gasteiger partial charge in [-0.05, 0) is 6.07 Å². The molecule has 14 heavy (non-hydrogen) atoms. The molecule has 0 fully saturated rings. The number of nitrogens with zero attached hydrogens (tertiary/aromatic N) is 4. The molecule has 0 aromatic carbocycles. The Bertz CT molecular complexity index is 580. The van der Waals surface area contributed by atoms with Crippen molar-refractivity contribution in [1.82, 2.24) is 9.55 Å². The number of hydrogen-bond acceptors (Lipinski definition) is 3. The standard InChI is InChI=1S/C10H6N4/c1-14-6-8(4-12)9-2-7(3-11)5-13-10(9)14/h2,5-6H,1H3. The zero-order valence-corrected chi connectivity index (χ0v) is 7.52. The summed E-state index contributed by atoms with van der Waals surface area (Å²) in [6.45, 7) is 0. The molecule has 0 radical (unpaired) electrons. The summed E-state index contributed by atoms with van der Waals surface area (Å²) in [4.78, 5) is 4.11. The van der Waals surface area contributed by atoms with Crippen LogP contribution in [-0.2, 0) is 7.05 Å². The highest BCUT2D eigenvalue weighted by Crippen LogP contribution is 2.18. The van der Waals surface area contributed by atoms with E-state index in [0.29, 0.717) is 11.1 Å². The Morgan fingerprint density at radius 2 is 2.14 bits per heavy atom. The lowest BCUT2D eigenvalue weighted by molar-refractivity contribution is 0.946. The molecule has 66 valence electrons. The molecule has 0 bridgehead atoms. The zero-order valence-electron chi connectivity index (χ0n) is 7.52. The summed E-state index contributed by atoms with van der Waals surface area (Å²) < 4.78 is 1.77. The van der Waals surface area contributed by atoms with Gasteiger partial charge in [-0.25, -0.2) is 4.98 Å². The second kappa shape index (κ2) is 2.86. The van der Waals surface area contributed by atoms with E-state index in [-0.39, 0.29) is 0 Å². The van der Waals surface area contributed by atoms with Crippen molar-refractivity contribution in [3.63, 3.8) is 0 Å². The Balaban J connectivity index is 2.88. The second-order valence-corrected chi connectivity index (χ2v) is 2.97. The molecule has 0 spiro atoms. The Morgan fingerprint density at radius 3 is 2.79 bits per heavy atom. The van der Waals surface area contributed by atoms with Crippen molar-refractivity contribution >= 4 is 11.0 Å². The van der Waals surface area contributed by atoms with Crippen LogP contribution in [0, 0.1) is 22.7 Å². The molecular formula is C10H6N4. The maximum atomic E-state index is 8.84. The highest BCUT2D eigenvalue weighted by molar-refractivity contribution is 5.84. The minimum atomic E-state index is 0.472. The predicted octanol–water partition coefficient (Wildman–Crippen LogP) is 1.32. The van der Waals surface area contributed by atoms with Crippen LogP contribution in [0.25, 0.3) is 11.0 Å². The highest BCUT2D eigenvalue weighted by Gasteiger charge is 2.07. The lowest BCUT2D eigenvalue weighted by atomic mass is 10.2. The van der Waals surface area contributed by atoms with Gasteiger partial charge < -0.3 is 4.57 Å². The summed E-state index contributed by atoms with van der Waals surface area (Å²) in [6, 6.07) is 5.75. The molecular weight excluding hydrogens is 176 g/mol.